The van der Waals surface area contributed by atoms with Gasteiger partial charge in [-0.3, -0.25) is 4.90 Å². The summed E-state index contributed by atoms with van der Waals surface area (Å²) in [6.07, 6.45) is 0. The fraction of sp³-hybridized carbons (Fsp3) is 0.409. The number of para-hydroxylation sites is 1. The lowest BCUT2D eigenvalue weighted by atomic mass is 10.0. The van der Waals surface area contributed by atoms with Crippen molar-refractivity contribution in [3.63, 3.8) is 0 Å². The first kappa shape index (κ1) is 19.2. The van der Waals surface area contributed by atoms with Crippen molar-refractivity contribution in [2.45, 2.75) is 19.9 Å². The quantitative estimate of drug-likeness (QED) is 0.651. The minimum atomic E-state index is 0.120. The van der Waals surface area contributed by atoms with Gasteiger partial charge in [0.25, 0.3) is 0 Å². The van der Waals surface area contributed by atoms with E-state index in [1.807, 2.05) is 19.9 Å². The van der Waals surface area contributed by atoms with Crippen LogP contribution in [0, 0.1) is 0 Å². The number of fused-ring (bicyclic) bond motifs is 1. The first-order chi connectivity index (χ1) is 13.8. The molecule has 0 spiro atoms. The van der Waals surface area contributed by atoms with Crippen molar-refractivity contribution in [1.82, 2.24) is 15.2 Å². The Morgan fingerprint density at radius 3 is 2.54 bits per heavy atom. The summed E-state index contributed by atoms with van der Waals surface area (Å²) in [5, 5.41) is 4.59. The second-order valence-electron chi connectivity index (χ2n) is 6.78. The maximum atomic E-state index is 5.89. The summed E-state index contributed by atoms with van der Waals surface area (Å²) in [7, 11) is 0. The Morgan fingerprint density at radius 2 is 1.79 bits per heavy atom. The Balaban J connectivity index is 1.77. The van der Waals surface area contributed by atoms with E-state index >= 15 is 0 Å². The number of hydrogen-bond acceptors (Lipinski definition) is 6. The highest BCUT2D eigenvalue weighted by molar-refractivity contribution is 7.18. The standard InChI is InChI=1S/C22H27N3O2S/c1-3-26-18-10-9-16(15-19(18)27-4-2)21(25-13-11-23-12-14-25)22-24-17-7-5-6-8-20(17)28-22/h5-10,15,21,23H,3-4,11-14H2,1-2H3. The number of nitrogens with zero attached hydrogens (tertiary/aromatic N) is 2. The first-order valence-corrected chi connectivity index (χ1v) is 10.8. The number of ether oxygens (including phenoxy) is 2. The van der Waals surface area contributed by atoms with E-state index in [0.29, 0.717) is 13.2 Å². The van der Waals surface area contributed by atoms with Crippen LogP contribution in [0.25, 0.3) is 10.2 Å². The van der Waals surface area contributed by atoms with Crippen LogP contribution in [0.5, 0.6) is 11.5 Å². The smallest absolute Gasteiger partial charge is 0.161 e. The Kier molecular flexibility index (Phi) is 6.10. The largest absolute Gasteiger partial charge is 0.490 e. The van der Waals surface area contributed by atoms with Gasteiger partial charge in [0.15, 0.2) is 11.5 Å². The van der Waals surface area contributed by atoms with Gasteiger partial charge in [-0.05, 0) is 43.7 Å². The molecule has 1 atom stereocenters. The average molecular weight is 398 g/mol. The lowest BCUT2D eigenvalue weighted by molar-refractivity contribution is 0.197. The van der Waals surface area contributed by atoms with E-state index in [0.717, 1.165) is 48.2 Å². The maximum absolute atomic E-state index is 5.89. The molecule has 1 fully saturated rings. The molecule has 1 aromatic heterocycles. The topological polar surface area (TPSA) is 46.6 Å². The second kappa shape index (κ2) is 8.90. The van der Waals surface area contributed by atoms with Crippen LogP contribution in [0.3, 0.4) is 0 Å². The highest BCUT2D eigenvalue weighted by Crippen LogP contribution is 2.38. The van der Waals surface area contributed by atoms with Crippen LogP contribution in [0.4, 0.5) is 0 Å². The highest BCUT2D eigenvalue weighted by Gasteiger charge is 2.27. The summed E-state index contributed by atoms with van der Waals surface area (Å²) in [5.41, 5.74) is 2.27. The van der Waals surface area contributed by atoms with Gasteiger partial charge in [0.05, 0.1) is 29.5 Å². The van der Waals surface area contributed by atoms with Crippen LogP contribution in [0.2, 0.25) is 0 Å². The Hall–Kier alpha value is -2.15. The first-order valence-electron chi connectivity index (χ1n) is 10.00. The van der Waals surface area contributed by atoms with Gasteiger partial charge in [0, 0.05) is 26.2 Å². The van der Waals surface area contributed by atoms with Gasteiger partial charge in [-0.25, -0.2) is 4.98 Å². The van der Waals surface area contributed by atoms with Gasteiger partial charge in [0.1, 0.15) is 5.01 Å². The zero-order valence-electron chi connectivity index (χ0n) is 16.5. The summed E-state index contributed by atoms with van der Waals surface area (Å²) >= 11 is 1.78. The summed E-state index contributed by atoms with van der Waals surface area (Å²) < 4.78 is 12.9. The monoisotopic (exact) mass is 397 g/mol. The number of rotatable bonds is 7. The molecule has 3 aromatic rings. The van der Waals surface area contributed by atoms with Crippen molar-refractivity contribution >= 4 is 21.6 Å². The summed E-state index contributed by atoms with van der Waals surface area (Å²) in [4.78, 5) is 7.50. The van der Waals surface area contributed by atoms with Gasteiger partial charge in [-0.2, -0.15) is 0 Å². The molecule has 0 radical (unpaired) electrons. The fourth-order valence-electron chi connectivity index (χ4n) is 3.69. The third kappa shape index (κ3) is 3.99. The fourth-order valence-corrected chi connectivity index (χ4v) is 4.83. The molecule has 1 aliphatic rings. The molecule has 148 valence electrons. The van der Waals surface area contributed by atoms with E-state index in [-0.39, 0.29) is 6.04 Å². The van der Waals surface area contributed by atoms with E-state index in [1.165, 1.54) is 10.3 Å². The van der Waals surface area contributed by atoms with Crippen LogP contribution in [0.15, 0.2) is 42.5 Å². The third-order valence-electron chi connectivity index (χ3n) is 4.94. The van der Waals surface area contributed by atoms with Crippen molar-refractivity contribution < 1.29 is 9.47 Å². The predicted molar refractivity (Wildman–Crippen MR) is 115 cm³/mol. The lowest BCUT2D eigenvalue weighted by Crippen LogP contribution is -2.45. The molecule has 4 rings (SSSR count). The Labute approximate surface area is 170 Å². The Bertz CT molecular complexity index is 888. The SMILES string of the molecule is CCOc1ccc(C(c2nc3ccccc3s2)N2CCNCC2)cc1OCC. The van der Waals surface area contributed by atoms with E-state index in [1.54, 1.807) is 11.3 Å². The number of thiazole rings is 1. The van der Waals surface area contributed by atoms with Gasteiger partial charge in [0.2, 0.25) is 0 Å². The number of benzene rings is 2. The number of aromatic nitrogens is 1. The van der Waals surface area contributed by atoms with E-state index in [9.17, 15) is 0 Å². The molecular formula is C22H27N3O2S. The molecule has 1 N–H and O–H groups in total. The Morgan fingerprint density at radius 1 is 1.04 bits per heavy atom. The zero-order valence-corrected chi connectivity index (χ0v) is 17.3. The molecule has 6 heteroatoms. The van der Waals surface area contributed by atoms with Gasteiger partial charge >= 0.3 is 0 Å². The van der Waals surface area contributed by atoms with Crippen molar-refractivity contribution in [2.75, 3.05) is 39.4 Å². The van der Waals surface area contributed by atoms with E-state index < -0.39 is 0 Å². The molecule has 1 saturated heterocycles. The van der Waals surface area contributed by atoms with Crippen LogP contribution < -0.4 is 14.8 Å². The minimum absolute atomic E-state index is 0.120. The van der Waals surface area contributed by atoms with E-state index in [2.05, 4.69) is 46.6 Å². The molecule has 0 saturated carbocycles. The predicted octanol–water partition coefficient (Wildman–Crippen LogP) is 4.09. The molecule has 0 aliphatic carbocycles. The summed E-state index contributed by atoms with van der Waals surface area (Å²) in [5.74, 6) is 1.61. The molecule has 2 heterocycles. The van der Waals surface area contributed by atoms with Crippen LogP contribution in [0.1, 0.15) is 30.5 Å². The molecule has 1 unspecified atom stereocenters. The molecule has 0 amide bonds. The van der Waals surface area contributed by atoms with Crippen LogP contribution >= 0.6 is 11.3 Å². The lowest BCUT2D eigenvalue weighted by Gasteiger charge is -2.34. The van der Waals surface area contributed by atoms with Gasteiger partial charge in [-0.15, -0.1) is 11.3 Å². The normalized spacial score (nSPS) is 16.2. The van der Waals surface area contributed by atoms with Gasteiger partial charge < -0.3 is 14.8 Å². The minimum Gasteiger partial charge on any atom is -0.490 e. The van der Waals surface area contributed by atoms with Crippen LogP contribution in [-0.2, 0) is 0 Å². The second-order valence-corrected chi connectivity index (χ2v) is 7.84. The number of piperazine rings is 1. The van der Waals surface area contributed by atoms with Crippen molar-refractivity contribution in [3.8, 4) is 11.5 Å². The van der Waals surface area contributed by atoms with Gasteiger partial charge in [-0.1, -0.05) is 18.2 Å². The highest BCUT2D eigenvalue weighted by atomic mass is 32.1. The van der Waals surface area contributed by atoms with Crippen molar-refractivity contribution in [2.24, 2.45) is 0 Å². The molecule has 28 heavy (non-hydrogen) atoms. The molecule has 0 bridgehead atoms. The molecule has 1 aliphatic heterocycles. The average Bonchev–Trinajstić information content (AvgIpc) is 3.15. The van der Waals surface area contributed by atoms with Crippen molar-refractivity contribution in [3.05, 3.63) is 53.0 Å². The third-order valence-corrected chi connectivity index (χ3v) is 6.03. The van der Waals surface area contributed by atoms with E-state index in [4.69, 9.17) is 14.5 Å². The molecule has 5 nitrogen and oxygen atoms in total. The number of hydrogen-bond donors (Lipinski definition) is 1. The molecular weight excluding hydrogens is 370 g/mol. The molecule has 2 aromatic carbocycles. The maximum Gasteiger partial charge on any atom is 0.161 e. The van der Waals surface area contributed by atoms with Crippen LogP contribution in [-0.4, -0.2) is 49.3 Å². The number of nitrogens with one attached hydrogen (secondary N) is 1. The zero-order chi connectivity index (χ0) is 19.3. The summed E-state index contributed by atoms with van der Waals surface area (Å²) in [6.45, 7) is 9.22. The van der Waals surface area contributed by atoms with Crippen molar-refractivity contribution in [1.29, 1.82) is 0 Å². The summed E-state index contributed by atoms with van der Waals surface area (Å²) in [6, 6.07) is 14.8.